The number of aromatic nitrogens is 4. The van der Waals surface area contributed by atoms with Crippen LogP contribution in [0.1, 0.15) is 33.4 Å². The van der Waals surface area contributed by atoms with Gasteiger partial charge in [0, 0.05) is 11.4 Å². The van der Waals surface area contributed by atoms with E-state index in [-0.39, 0.29) is 18.8 Å². The number of benzene rings is 1. The van der Waals surface area contributed by atoms with Crippen LogP contribution in [0.3, 0.4) is 0 Å². The van der Waals surface area contributed by atoms with Gasteiger partial charge >= 0.3 is 13.7 Å². The summed E-state index contributed by atoms with van der Waals surface area (Å²) < 4.78 is 37.8. The lowest BCUT2D eigenvalue weighted by Gasteiger charge is -2.29. The first-order valence-corrected chi connectivity index (χ1v) is 14.7. The van der Waals surface area contributed by atoms with Gasteiger partial charge in [-0.25, -0.2) is 19.5 Å². The van der Waals surface area contributed by atoms with Gasteiger partial charge < -0.3 is 19.1 Å². The topological polar surface area (TPSA) is 147 Å². The van der Waals surface area contributed by atoms with Crippen LogP contribution in [-0.4, -0.2) is 67.8 Å². The van der Waals surface area contributed by atoms with E-state index in [2.05, 4.69) is 20.0 Å². The van der Waals surface area contributed by atoms with Gasteiger partial charge in [-0.2, -0.15) is 5.09 Å². The highest BCUT2D eigenvalue weighted by atomic mass is 35.5. The first-order valence-electron chi connectivity index (χ1n) is 11.5. The zero-order valence-electron chi connectivity index (χ0n) is 21.5. The summed E-state index contributed by atoms with van der Waals surface area (Å²) in [6.45, 7) is 4.38. The average Bonchev–Trinajstić information content (AvgIpc) is 3.42. The van der Waals surface area contributed by atoms with Crippen molar-refractivity contribution >= 4 is 48.2 Å². The summed E-state index contributed by atoms with van der Waals surface area (Å²) in [5, 5.41) is 15.0. The molecule has 12 nitrogen and oxygen atoms in total. The number of thioether (sulfide) groups is 1. The van der Waals surface area contributed by atoms with Gasteiger partial charge in [0.05, 0.1) is 26.1 Å². The molecule has 3 aromatic rings. The van der Waals surface area contributed by atoms with Crippen LogP contribution in [0, 0.1) is 0 Å². The quantitative estimate of drug-likeness (QED) is 0.153. The largest absolute Gasteiger partial charge is 0.468 e. The second-order valence-electron chi connectivity index (χ2n) is 9.45. The van der Waals surface area contributed by atoms with Crippen molar-refractivity contribution in [2.45, 2.75) is 55.7 Å². The predicted molar refractivity (Wildman–Crippen MR) is 141 cm³/mol. The molecule has 0 aliphatic carbocycles. The molecule has 1 aromatic carbocycles. The fraction of sp³-hybridized carbons (Fsp3) is 0.478. The Bertz CT molecular complexity index is 1350. The van der Waals surface area contributed by atoms with Crippen molar-refractivity contribution < 1.29 is 33.0 Å². The number of imidazole rings is 1. The SMILES string of the molecule is COC(=O)C(C)(C)NP(=O)(OCC1C[C@@](C)(O)C(n2cnc3c(SC)ncnc32)O1)Oc1ccc(Cl)cc1. The van der Waals surface area contributed by atoms with Crippen LogP contribution in [0.5, 0.6) is 5.75 Å². The summed E-state index contributed by atoms with van der Waals surface area (Å²) in [5.41, 5.74) is -1.64. The van der Waals surface area contributed by atoms with Gasteiger partial charge in [-0.3, -0.25) is 13.9 Å². The Hall–Kier alpha value is -2.25. The Labute approximate surface area is 229 Å². The number of aliphatic hydroxyl groups is 1. The molecule has 2 aromatic heterocycles. The summed E-state index contributed by atoms with van der Waals surface area (Å²) in [5.74, 6) is -0.461. The maximum Gasteiger partial charge on any atom is 0.459 e. The molecule has 206 valence electrons. The molecule has 15 heteroatoms. The third kappa shape index (κ3) is 6.15. The Kier molecular flexibility index (Phi) is 8.39. The molecule has 4 atom stereocenters. The standard InChI is InChI=1S/C23H29ClN5O7PS/c1-22(2,21(30)33-4)28-37(32,36-15-8-6-14(24)7-9-15)34-11-16-10-23(3,31)20(35-16)29-13-27-17-18(29)25-12-26-19(17)38-5/h6-9,12-13,16,20,31H,10-11H2,1-5H3,(H,28,32)/t16?,20?,23-,37?/m1/s1. The van der Waals surface area contributed by atoms with Crippen molar-refractivity contribution in [1.82, 2.24) is 24.6 Å². The molecular formula is C23H29ClN5O7PS. The summed E-state index contributed by atoms with van der Waals surface area (Å²) in [6, 6.07) is 6.17. The van der Waals surface area contributed by atoms with Gasteiger partial charge in [-0.1, -0.05) is 11.6 Å². The van der Waals surface area contributed by atoms with E-state index in [9.17, 15) is 14.5 Å². The highest BCUT2D eigenvalue weighted by molar-refractivity contribution is 7.98. The number of halogens is 1. The molecule has 3 heterocycles. The monoisotopic (exact) mass is 585 g/mol. The zero-order chi connectivity index (χ0) is 27.7. The summed E-state index contributed by atoms with van der Waals surface area (Å²) >= 11 is 7.38. The lowest BCUT2D eigenvalue weighted by molar-refractivity contribution is -0.146. The third-order valence-corrected chi connectivity index (χ3v) is 8.56. The van der Waals surface area contributed by atoms with Crippen LogP contribution in [0.4, 0.5) is 0 Å². The van der Waals surface area contributed by atoms with Crippen LogP contribution in [0.15, 0.2) is 41.9 Å². The molecule has 0 amide bonds. The number of esters is 1. The van der Waals surface area contributed by atoms with Gasteiger partial charge in [-0.15, -0.1) is 11.8 Å². The Balaban J connectivity index is 1.54. The number of carbonyl (C=O) groups is 1. The van der Waals surface area contributed by atoms with Crippen LogP contribution in [-0.2, 0) is 23.4 Å². The normalized spacial score (nSPS) is 23.3. The first kappa shape index (κ1) is 28.8. The fourth-order valence-corrected chi connectivity index (χ4v) is 6.41. The van der Waals surface area contributed by atoms with Crippen molar-refractivity contribution in [3.8, 4) is 5.75 Å². The van der Waals surface area contributed by atoms with Gasteiger partial charge in [0.2, 0.25) is 0 Å². The maximum atomic E-state index is 13.8. The van der Waals surface area contributed by atoms with Gasteiger partial charge in [0.1, 0.15) is 33.8 Å². The van der Waals surface area contributed by atoms with E-state index >= 15 is 0 Å². The molecule has 4 rings (SSSR count). The number of nitrogens with zero attached hydrogens (tertiary/aromatic N) is 4. The highest BCUT2D eigenvalue weighted by Crippen LogP contribution is 2.48. The van der Waals surface area contributed by atoms with E-state index in [0.29, 0.717) is 21.2 Å². The van der Waals surface area contributed by atoms with Gasteiger partial charge in [0.15, 0.2) is 11.9 Å². The van der Waals surface area contributed by atoms with Crippen LogP contribution in [0.2, 0.25) is 5.02 Å². The third-order valence-electron chi connectivity index (χ3n) is 5.85. The van der Waals surface area contributed by atoms with E-state index in [4.69, 9.17) is 30.1 Å². The molecule has 2 N–H and O–H groups in total. The lowest BCUT2D eigenvalue weighted by atomic mass is 10.0. The number of hydrogen-bond donors (Lipinski definition) is 2. The van der Waals surface area contributed by atoms with E-state index in [1.807, 2.05) is 6.26 Å². The number of nitrogens with one attached hydrogen (secondary N) is 1. The van der Waals surface area contributed by atoms with Gasteiger partial charge in [-0.05, 0) is 51.3 Å². The second-order valence-corrected chi connectivity index (χ2v) is 12.3. The van der Waals surface area contributed by atoms with Crippen LogP contribution >= 0.6 is 31.1 Å². The number of ether oxygens (including phenoxy) is 2. The zero-order valence-corrected chi connectivity index (χ0v) is 23.9. The molecule has 1 aliphatic rings. The van der Waals surface area contributed by atoms with E-state index in [1.165, 1.54) is 57.5 Å². The maximum absolute atomic E-state index is 13.8. The molecule has 0 saturated carbocycles. The van der Waals surface area contributed by atoms with Crippen molar-refractivity contribution in [1.29, 1.82) is 0 Å². The number of hydrogen-bond acceptors (Lipinski definition) is 11. The minimum atomic E-state index is -4.17. The molecule has 38 heavy (non-hydrogen) atoms. The number of fused-ring (bicyclic) bond motifs is 1. The van der Waals surface area contributed by atoms with Crippen LogP contribution < -0.4 is 9.61 Å². The smallest absolute Gasteiger partial charge is 0.459 e. The Morgan fingerprint density at radius 3 is 2.71 bits per heavy atom. The molecular weight excluding hydrogens is 557 g/mol. The summed E-state index contributed by atoms with van der Waals surface area (Å²) in [4.78, 5) is 25.2. The predicted octanol–water partition coefficient (Wildman–Crippen LogP) is 3.99. The van der Waals surface area contributed by atoms with E-state index < -0.39 is 37.2 Å². The van der Waals surface area contributed by atoms with Crippen molar-refractivity contribution in [2.24, 2.45) is 0 Å². The minimum absolute atomic E-state index is 0.152. The summed E-state index contributed by atoms with van der Waals surface area (Å²) in [7, 11) is -2.95. The molecule has 1 aliphatic heterocycles. The minimum Gasteiger partial charge on any atom is -0.468 e. The van der Waals surface area contributed by atoms with Crippen molar-refractivity contribution in [2.75, 3.05) is 20.0 Å². The summed E-state index contributed by atoms with van der Waals surface area (Å²) in [6.07, 6.45) is 3.47. The number of carbonyl (C=O) groups excluding carboxylic acids is 1. The second kappa shape index (κ2) is 11.1. The highest BCUT2D eigenvalue weighted by Gasteiger charge is 2.47. The molecule has 1 fully saturated rings. The number of methoxy groups -OCH3 is 1. The molecule has 3 unspecified atom stereocenters. The Morgan fingerprint density at radius 1 is 1.34 bits per heavy atom. The molecule has 1 saturated heterocycles. The number of rotatable bonds is 10. The van der Waals surface area contributed by atoms with E-state index in [0.717, 1.165) is 0 Å². The Morgan fingerprint density at radius 2 is 2.05 bits per heavy atom. The van der Waals surface area contributed by atoms with E-state index in [1.54, 1.807) is 23.6 Å². The lowest BCUT2D eigenvalue weighted by Crippen LogP contribution is -2.46. The van der Waals surface area contributed by atoms with Crippen molar-refractivity contribution in [3.05, 3.63) is 41.9 Å². The average molecular weight is 586 g/mol. The molecule has 0 bridgehead atoms. The fourth-order valence-electron chi connectivity index (χ4n) is 4.09. The van der Waals surface area contributed by atoms with Crippen molar-refractivity contribution in [3.63, 3.8) is 0 Å². The molecule has 0 radical (unpaired) electrons. The molecule has 0 spiro atoms. The van der Waals surface area contributed by atoms with Gasteiger partial charge in [0.25, 0.3) is 0 Å². The van der Waals surface area contributed by atoms with Crippen LogP contribution in [0.25, 0.3) is 11.2 Å². The first-order chi connectivity index (χ1) is 17.9.